The van der Waals surface area contributed by atoms with Gasteiger partial charge in [-0.15, -0.1) is 0 Å². The van der Waals surface area contributed by atoms with Gasteiger partial charge < -0.3 is 10.1 Å². The van der Waals surface area contributed by atoms with E-state index < -0.39 is 10.0 Å². The van der Waals surface area contributed by atoms with Crippen LogP contribution < -0.4 is 9.62 Å². The minimum atomic E-state index is -3.56. The number of aryl methyl sites for hydroxylation is 1. The molecule has 0 bridgehead atoms. The van der Waals surface area contributed by atoms with Crippen molar-refractivity contribution in [2.75, 3.05) is 30.8 Å². The number of halogens is 1. The number of carbonyl (C=O) groups is 1. The zero-order valence-corrected chi connectivity index (χ0v) is 15.5. The molecule has 1 aromatic rings. The number of methoxy groups -OCH3 is 1. The minimum absolute atomic E-state index is 0.189. The second kappa shape index (κ2) is 7.94. The number of carbonyl (C=O) groups excluding carboxylic acids is 1. The van der Waals surface area contributed by atoms with Gasteiger partial charge in [0.15, 0.2) is 0 Å². The number of hydrogen-bond acceptors (Lipinski definition) is 4. The van der Waals surface area contributed by atoms with E-state index in [0.29, 0.717) is 12.3 Å². The lowest BCUT2D eigenvalue weighted by molar-refractivity contribution is -0.120. The van der Waals surface area contributed by atoms with Gasteiger partial charge in [0.1, 0.15) is 6.54 Å². The molecule has 0 radical (unpaired) electrons. The van der Waals surface area contributed by atoms with Crippen LogP contribution in [-0.2, 0) is 19.6 Å². The highest BCUT2D eigenvalue weighted by atomic mass is 79.9. The molecule has 1 N–H and O–H groups in total. The average Bonchev–Trinajstić information content (AvgIpc) is 2.38. The summed E-state index contributed by atoms with van der Waals surface area (Å²) in [6.45, 7) is 3.74. The van der Waals surface area contributed by atoms with Crippen LogP contribution in [0.4, 0.5) is 5.69 Å². The second-order valence-electron chi connectivity index (χ2n) is 5.13. The van der Waals surface area contributed by atoms with Gasteiger partial charge in [0.05, 0.1) is 18.6 Å². The van der Waals surface area contributed by atoms with E-state index in [2.05, 4.69) is 21.2 Å². The van der Waals surface area contributed by atoms with E-state index in [1.165, 1.54) is 7.11 Å². The van der Waals surface area contributed by atoms with Gasteiger partial charge in [-0.1, -0.05) is 15.9 Å². The van der Waals surface area contributed by atoms with Crippen molar-refractivity contribution in [3.8, 4) is 0 Å². The van der Waals surface area contributed by atoms with Crippen molar-refractivity contribution in [1.29, 1.82) is 0 Å². The van der Waals surface area contributed by atoms with E-state index in [0.717, 1.165) is 20.6 Å². The summed E-state index contributed by atoms with van der Waals surface area (Å²) in [5.41, 5.74) is 1.34. The van der Waals surface area contributed by atoms with Gasteiger partial charge in [0, 0.05) is 17.6 Å². The Labute approximate surface area is 140 Å². The number of amides is 1. The van der Waals surface area contributed by atoms with Crippen LogP contribution in [0.2, 0.25) is 0 Å². The molecule has 0 fully saturated rings. The normalized spacial score (nSPS) is 12.8. The first-order chi connectivity index (χ1) is 10.1. The standard InChI is InChI=1S/C14H21BrN2O4S/c1-10-7-12(5-6-13(10)15)17(22(4,19)20)8-14(18)16-11(2)9-21-3/h5-7,11H,8-9H2,1-4H3,(H,16,18). The van der Waals surface area contributed by atoms with Crippen molar-refractivity contribution in [2.45, 2.75) is 19.9 Å². The first kappa shape index (κ1) is 18.9. The highest BCUT2D eigenvalue weighted by Gasteiger charge is 2.22. The van der Waals surface area contributed by atoms with Crippen molar-refractivity contribution in [3.63, 3.8) is 0 Å². The lowest BCUT2D eigenvalue weighted by atomic mass is 10.2. The highest BCUT2D eigenvalue weighted by molar-refractivity contribution is 9.10. The number of ether oxygens (including phenoxy) is 1. The summed E-state index contributed by atoms with van der Waals surface area (Å²) in [7, 11) is -2.03. The molecule has 0 aliphatic rings. The zero-order valence-electron chi connectivity index (χ0n) is 13.1. The predicted octanol–water partition coefficient (Wildman–Crippen LogP) is 1.67. The van der Waals surface area contributed by atoms with Crippen LogP contribution in [-0.4, -0.2) is 46.9 Å². The molecule has 22 heavy (non-hydrogen) atoms. The van der Waals surface area contributed by atoms with E-state index in [1.807, 2.05) is 6.92 Å². The Kier molecular flexibility index (Phi) is 6.83. The Balaban J connectivity index is 2.95. The molecule has 0 aliphatic carbocycles. The van der Waals surface area contributed by atoms with E-state index in [-0.39, 0.29) is 18.5 Å². The number of rotatable bonds is 7. The van der Waals surface area contributed by atoms with Crippen LogP contribution >= 0.6 is 15.9 Å². The summed E-state index contributed by atoms with van der Waals surface area (Å²) in [6.07, 6.45) is 1.08. The molecule has 1 rings (SSSR count). The van der Waals surface area contributed by atoms with Gasteiger partial charge in [0.2, 0.25) is 15.9 Å². The van der Waals surface area contributed by atoms with Crippen molar-refractivity contribution in [1.82, 2.24) is 5.32 Å². The van der Waals surface area contributed by atoms with Crippen LogP contribution in [0.25, 0.3) is 0 Å². The molecule has 1 atom stereocenters. The zero-order chi connectivity index (χ0) is 16.9. The first-order valence-corrected chi connectivity index (χ1v) is 9.31. The van der Waals surface area contributed by atoms with Crippen LogP contribution in [0.15, 0.2) is 22.7 Å². The van der Waals surface area contributed by atoms with E-state index in [1.54, 1.807) is 25.1 Å². The third-order valence-electron chi connectivity index (χ3n) is 2.94. The smallest absolute Gasteiger partial charge is 0.241 e. The molecule has 6 nitrogen and oxygen atoms in total. The van der Waals surface area contributed by atoms with Gasteiger partial charge in [0.25, 0.3) is 0 Å². The lowest BCUT2D eigenvalue weighted by Crippen LogP contribution is -2.44. The Bertz CT molecular complexity index is 634. The topological polar surface area (TPSA) is 75.7 Å². The lowest BCUT2D eigenvalue weighted by Gasteiger charge is -2.23. The van der Waals surface area contributed by atoms with Gasteiger partial charge in [-0.05, 0) is 37.6 Å². The molecule has 1 unspecified atom stereocenters. The molecule has 8 heteroatoms. The van der Waals surface area contributed by atoms with E-state index in [9.17, 15) is 13.2 Å². The number of nitrogens with zero attached hydrogens (tertiary/aromatic N) is 1. The number of benzene rings is 1. The molecule has 124 valence electrons. The summed E-state index contributed by atoms with van der Waals surface area (Å²) >= 11 is 3.37. The summed E-state index contributed by atoms with van der Waals surface area (Å²) in [5.74, 6) is -0.379. The number of anilines is 1. The van der Waals surface area contributed by atoms with Gasteiger partial charge in [-0.2, -0.15) is 0 Å². The molecule has 0 aromatic heterocycles. The summed E-state index contributed by atoms with van der Waals surface area (Å²) in [6, 6.07) is 4.94. The Morgan fingerprint density at radius 1 is 1.45 bits per heavy atom. The molecular weight excluding hydrogens is 372 g/mol. The molecular formula is C14H21BrN2O4S. The third kappa shape index (κ3) is 5.58. The van der Waals surface area contributed by atoms with Crippen LogP contribution in [0.3, 0.4) is 0 Å². The van der Waals surface area contributed by atoms with Crippen molar-refractivity contribution in [2.24, 2.45) is 0 Å². The third-order valence-corrected chi connectivity index (χ3v) is 4.97. The minimum Gasteiger partial charge on any atom is -0.383 e. The summed E-state index contributed by atoms with van der Waals surface area (Å²) in [5, 5.41) is 2.70. The molecule has 1 amide bonds. The SMILES string of the molecule is COCC(C)NC(=O)CN(c1ccc(Br)c(C)c1)S(C)(=O)=O. The van der Waals surface area contributed by atoms with E-state index in [4.69, 9.17) is 4.74 Å². The maximum atomic E-state index is 12.0. The largest absolute Gasteiger partial charge is 0.383 e. The average molecular weight is 393 g/mol. The monoisotopic (exact) mass is 392 g/mol. The van der Waals surface area contributed by atoms with Crippen molar-refractivity contribution in [3.05, 3.63) is 28.2 Å². The number of sulfonamides is 1. The summed E-state index contributed by atoms with van der Waals surface area (Å²) in [4.78, 5) is 12.0. The number of nitrogens with one attached hydrogen (secondary N) is 1. The molecule has 0 saturated heterocycles. The second-order valence-corrected chi connectivity index (χ2v) is 7.89. The van der Waals surface area contributed by atoms with Crippen LogP contribution in [0.1, 0.15) is 12.5 Å². The molecule has 0 aliphatic heterocycles. The van der Waals surface area contributed by atoms with Crippen molar-refractivity contribution < 1.29 is 17.9 Å². The predicted molar refractivity (Wildman–Crippen MR) is 90.5 cm³/mol. The van der Waals surface area contributed by atoms with Gasteiger partial charge in [-0.25, -0.2) is 8.42 Å². The Morgan fingerprint density at radius 3 is 2.59 bits per heavy atom. The van der Waals surface area contributed by atoms with Crippen LogP contribution in [0, 0.1) is 6.92 Å². The maximum absolute atomic E-state index is 12.0. The fourth-order valence-electron chi connectivity index (χ4n) is 1.93. The fraction of sp³-hybridized carbons (Fsp3) is 0.500. The Hall–Kier alpha value is -1.12. The van der Waals surface area contributed by atoms with Crippen molar-refractivity contribution >= 4 is 37.5 Å². The highest BCUT2D eigenvalue weighted by Crippen LogP contribution is 2.24. The maximum Gasteiger partial charge on any atom is 0.241 e. The van der Waals surface area contributed by atoms with Gasteiger partial charge >= 0.3 is 0 Å². The quantitative estimate of drug-likeness (QED) is 0.765. The molecule has 0 saturated carbocycles. The molecule has 0 spiro atoms. The first-order valence-electron chi connectivity index (χ1n) is 6.67. The van der Waals surface area contributed by atoms with E-state index >= 15 is 0 Å². The molecule has 1 aromatic carbocycles. The number of hydrogen-bond donors (Lipinski definition) is 1. The van der Waals surface area contributed by atoms with Crippen LogP contribution in [0.5, 0.6) is 0 Å². The Morgan fingerprint density at radius 2 is 2.09 bits per heavy atom. The summed E-state index contributed by atoms with van der Waals surface area (Å²) < 4.78 is 30.9. The fourth-order valence-corrected chi connectivity index (χ4v) is 3.02. The molecule has 0 heterocycles. The van der Waals surface area contributed by atoms with Gasteiger partial charge in [-0.3, -0.25) is 9.10 Å².